The van der Waals surface area contributed by atoms with Crippen molar-refractivity contribution in [2.24, 2.45) is 5.92 Å². The van der Waals surface area contributed by atoms with E-state index in [4.69, 9.17) is 4.74 Å². The van der Waals surface area contributed by atoms with Gasteiger partial charge in [0.1, 0.15) is 5.82 Å². The van der Waals surface area contributed by atoms with E-state index in [1.807, 2.05) is 0 Å². The van der Waals surface area contributed by atoms with Crippen molar-refractivity contribution in [3.05, 3.63) is 35.6 Å². The molecule has 3 unspecified atom stereocenters. The molecule has 2 nitrogen and oxygen atoms in total. The summed E-state index contributed by atoms with van der Waals surface area (Å²) in [7, 11) is 0. The highest BCUT2D eigenvalue weighted by Crippen LogP contribution is 2.27. The summed E-state index contributed by atoms with van der Waals surface area (Å²) in [5.41, 5.74) is 0.554. The van der Waals surface area contributed by atoms with Gasteiger partial charge in [0, 0.05) is 5.56 Å². The van der Waals surface area contributed by atoms with Gasteiger partial charge in [-0.2, -0.15) is 0 Å². The van der Waals surface area contributed by atoms with Crippen molar-refractivity contribution < 1.29 is 14.2 Å². The highest BCUT2D eigenvalue weighted by atomic mass is 19.1. The van der Waals surface area contributed by atoms with Crippen molar-refractivity contribution >= 4 is 0 Å². The van der Waals surface area contributed by atoms with Crippen LogP contribution in [0.3, 0.4) is 0 Å². The van der Waals surface area contributed by atoms with Gasteiger partial charge in [-0.3, -0.25) is 0 Å². The lowest BCUT2D eigenvalue weighted by molar-refractivity contribution is -0.0771. The van der Waals surface area contributed by atoms with Crippen LogP contribution in [0.25, 0.3) is 0 Å². The van der Waals surface area contributed by atoms with E-state index in [-0.39, 0.29) is 18.5 Å². The molecular weight excluding hydrogens is 219 g/mol. The first-order chi connectivity index (χ1) is 8.16. The van der Waals surface area contributed by atoms with E-state index in [2.05, 4.69) is 6.92 Å². The lowest BCUT2D eigenvalue weighted by Gasteiger charge is -2.31. The third kappa shape index (κ3) is 3.27. The maximum Gasteiger partial charge on any atom is 0.128 e. The first kappa shape index (κ1) is 12.5. The van der Waals surface area contributed by atoms with Crippen molar-refractivity contribution in [2.45, 2.75) is 45.0 Å². The average Bonchev–Trinajstić information content (AvgIpc) is 2.32. The first-order valence-electron chi connectivity index (χ1n) is 6.20. The molecule has 0 aromatic heterocycles. The molecule has 0 bridgehead atoms. The highest BCUT2D eigenvalue weighted by Gasteiger charge is 2.27. The minimum absolute atomic E-state index is 0.154. The lowest BCUT2D eigenvalue weighted by atomic mass is 9.86. The number of rotatable bonds is 3. The van der Waals surface area contributed by atoms with Crippen LogP contribution >= 0.6 is 0 Å². The molecule has 94 valence electrons. The molecular formula is C14H19FO2. The van der Waals surface area contributed by atoms with Crippen LogP contribution < -0.4 is 0 Å². The molecule has 1 aliphatic carbocycles. The Labute approximate surface area is 101 Å². The van der Waals surface area contributed by atoms with Gasteiger partial charge >= 0.3 is 0 Å². The second-order valence-corrected chi connectivity index (χ2v) is 4.93. The smallest absolute Gasteiger partial charge is 0.128 e. The van der Waals surface area contributed by atoms with Gasteiger partial charge in [0.15, 0.2) is 0 Å². The molecule has 0 amide bonds. The molecule has 3 atom stereocenters. The van der Waals surface area contributed by atoms with Gasteiger partial charge in [-0.25, -0.2) is 4.39 Å². The molecule has 3 heteroatoms. The van der Waals surface area contributed by atoms with Crippen LogP contribution in [0.4, 0.5) is 4.39 Å². The Balaban J connectivity index is 1.91. The summed E-state index contributed by atoms with van der Waals surface area (Å²) in [6.07, 6.45) is 2.12. The molecule has 0 spiro atoms. The van der Waals surface area contributed by atoms with Crippen LogP contribution in [-0.4, -0.2) is 17.3 Å². The van der Waals surface area contributed by atoms with Crippen LogP contribution in [0.1, 0.15) is 31.7 Å². The van der Waals surface area contributed by atoms with Crippen molar-refractivity contribution in [2.75, 3.05) is 0 Å². The van der Waals surface area contributed by atoms with Crippen LogP contribution in [0, 0.1) is 11.7 Å². The van der Waals surface area contributed by atoms with E-state index in [1.54, 1.807) is 18.2 Å². The van der Waals surface area contributed by atoms with Crippen molar-refractivity contribution in [3.8, 4) is 0 Å². The monoisotopic (exact) mass is 238 g/mol. The summed E-state index contributed by atoms with van der Waals surface area (Å²) in [6.45, 7) is 2.40. The van der Waals surface area contributed by atoms with Crippen LogP contribution in [0.2, 0.25) is 0 Å². The number of ether oxygens (including phenoxy) is 1. The van der Waals surface area contributed by atoms with Gasteiger partial charge in [0.2, 0.25) is 0 Å². The molecule has 2 rings (SSSR count). The minimum Gasteiger partial charge on any atom is -0.390 e. The predicted octanol–water partition coefficient (Wildman–Crippen LogP) is 2.89. The predicted molar refractivity (Wildman–Crippen MR) is 64.0 cm³/mol. The fourth-order valence-corrected chi connectivity index (χ4v) is 2.30. The average molecular weight is 238 g/mol. The first-order valence-corrected chi connectivity index (χ1v) is 6.20. The standard InChI is InChI=1S/C14H19FO2/c1-10-6-7-13(16)14(8-10)17-9-11-4-2-3-5-12(11)15/h2-5,10,13-14,16H,6-9H2,1H3. The van der Waals surface area contributed by atoms with Gasteiger partial charge in [0.05, 0.1) is 18.8 Å². The van der Waals surface area contributed by atoms with Gasteiger partial charge < -0.3 is 9.84 Å². The SMILES string of the molecule is CC1CCC(O)C(OCc2ccccc2F)C1. The van der Waals surface area contributed by atoms with Gasteiger partial charge in [0.25, 0.3) is 0 Å². The lowest BCUT2D eigenvalue weighted by Crippen LogP contribution is -2.35. The fraction of sp³-hybridized carbons (Fsp3) is 0.571. The summed E-state index contributed by atoms with van der Waals surface area (Å²) in [6, 6.07) is 6.60. The second kappa shape index (κ2) is 5.61. The van der Waals surface area contributed by atoms with Crippen LogP contribution in [0.5, 0.6) is 0 Å². The quantitative estimate of drug-likeness (QED) is 0.877. The van der Waals surface area contributed by atoms with Crippen molar-refractivity contribution in [3.63, 3.8) is 0 Å². The number of hydrogen-bond acceptors (Lipinski definition) is 2. The van der Waals surface area contributed by atoms with E-state index in [1.165, 1.54) is 6.07 Å². The molecule has 0 radical (unpaired) electrons. The molecule has 17 heavy (non-hydrogen) atoms. The number of hydrogen-bond donors (Lipinski definition) is 1. The maximum absolute atomic E-state index is 13.4. The molecule has 1 aliphatic rings. The van der Waals surface area contributed by atoms with Crippen LogP contribution in [-0.2, 0) is 11.3 Å². The van der Waals surface area contributed by atoms with E-state index in [9.17, 15) is 9.50 Å². The summed E-state index contributed by atoms with van der Waals surface area (Å²) in [4.78, 5) is 0. The number of aliphatic hydroxyl groups is 1. The van der Waals surface area contributed by atoms with Crippen molar-refractivity contribution in [1.82, 2.24) is 0 Å². The van der Waals surface area contributed by atoms with E-state index < -0.39 is 6.10 Å². The number of benzene rings is 1. The van der Waals surface area contributed by atoms with E-state index in [0.29, 0.717) is 11.5 Å². The van der Waals surface area contributed by atoms with Gasteiger partial charge in [-0.05, 0) is 31.2 Å². The van der Waals surface area contributed by atoms with E-state index >= 15 is 0 Å². The second-order valence-electron chi connectivity index (χ2n) is 4.93. The summed E-state index contributed by atoms with van der Waals surface area (Å²) >= 11 is 0. The molecule has 1 aromatic carbocycles. The number of halogens is 1. The molecule has 0 heterocycles. The zero-order valence-corrected chi connectivity index (χ0v) is 10.1. The Bertz CT molecular complexity index is 367. The Hall–Kier alpha value is -0.930. The summed E-state index contributed by atoms with van der Waals surface area (Å²) < 4.78 is 19.0. The van der Waals surface area contributed by atoms with Crippen molar-refractivity contribution in [1.29, 1.82) is 0 Å². The Kier molecular flexibility index (Phi) is 4.13. The molecule has 1 N–H and O–H groups in total. The van der Waals surface area contributed by atoms with Crippen LogP contribution in [0.15, 0.2) is 24.3 Å². The Morgan fingerprint density at radius 3 is 2.88 bits per heavy atom. The molecule has 0 saturated heterocycles. The largest absolute Gasteiger partial charge is 0.390 e. The number of aliphatic hydroxyl groups excluding tert-OH is 1. The fourth-order valence-electron chi connectivity index (χ4n) is 2.30. The highest BCUT2D eigenvalue weighted by molar-refractivity contribution is 5.16. The maximum atomic E-state index is 13.4. The zero-order valence-electron chi connectivity index (χ0n) is 10.1. The third-order valence-corrected chi connectivity index (χ3v) is 3.43. The normalized spacial score (nSPS) is 29.2. The minimum atomic E-state index is -0.405. The molecule has 1 saturated carbocycles. The molecule has 1 fully saturated rings. The summed E-state index contributed by atoms with van der Waals surface area (Å²) in [5, 5.41) is 9.82. The third-order valence-electron chi connectivity index (χ3n) is 3.43. The van der Waals surface area contributed by atoms with Gasteiger partial charge in [-0.15, -0.1) is 0 Å². The Morgan fingerprint density at radius 1 is 1.35 bits per heavy atom. The summed E-state index contributed by atoms with van der Waals surface area (Å²) in [5.74, 6) is 0.329. The molecule has 0 aliphatic heterocycles. The zero-order chi connectivity index (χ0) is 12.3. The topological polar surface area (TPSA) is 29.5 Å². The van der Waals surface area contributed by atoms with Gasteiger partial charge in [-0.1, -0.05) is 25.1 Å². The van der Waals surface area contributed by atoms with E-state index in [0.717, 1.165) is 19.3 Å². The Morgan fingerprint density at radius 2 is 2.12 bits per heavy atom. The molecule has 1 aromatic rings.